The van der Waals surface area contributed by atoms with Gasteiger partial charge in [-0.25, -0.2) is 4.98 Å². The summed E-state index contributed by atoms with van der Waals surface area (Å²) in [7, 11) is 0. The Hall–Kier alpha value is -6.82. The Morgan fingerprint density at radius 2 is 0.699 bits per heavy atom. The Morgan fingerprint density at radius 3 is 1.12 bits per heavy atom. The number of nitrogens with zero attached hydrogens (tertiary/aromatic N) is 4. The van der Waals surface area contributed by atoms with E-state index in [2.05, 4.69) is 276 Å². The molecule has 0 aliphatic carbocycles. The lowest BCUT2D eigenvalue weighted by Crippen LogP contribution is -2.20. The normalized spacial score (nSPS) is 12.7. The average Bonchev–Trinajstić information content (AvgIpc) is 3.72. The molecule has 7 aromatic carbocycles. The molecular formula is C67H73ClN4O. The quantitative estimate of drug-likeness (QED) is 0.144. The van der Waals surface area contributed by atoms with Gasteiger partial charge in [-0.3, -0.25) is 9.80 Å². The van der Waals surface area contributed by atoms with Gasteiger partial charge in [-0.05, 0) is 140 Å². The first-order chi connectivity index (χ1) is 34.3. The van der Waals surface area contributed by atoms with E-state index in [0.717, 1.165) is 73.1 Å². The van der Waals surface area contributed by atoms with Crippen molar-refractivity contribution in [1.82, 2.24) is 4.98 Å². The van der Waals surface area contributed by atoms with Crippen LogP contribution in [0.4, 0.5) is 51.4 Å². The summed E-state index contributed by atoms with van der Waals surface area (Å²) in [6.07, 6.45) is 0. The summed E-state index contributed by atoms with van der Waals surface area (Å²) in [5.41, 5.74) is 13.9. The van der Waals surface area contributed by atoms with Gasteiger partial charge in [-0.15, -0.1) is 0 Å². The van der Waals surface area contributed by atoms with Crippen LogP contribution in [0.25, 0.3) is 21.9 Å². The second-order valence-electron chi connectivity index (χ2n) is 24.9. The Morgan fingerprint density at radius 1 is 0.342 bits per heavy atom. The summed E-state index contributed by atoms with van der Waals surface area (Å²) in [6, 6.07) is 61.2. The highest BCUT2D eigenvalue weighted by molar-refractivity contribution is 6.37. The molecule has 0 aliphatic heterocycles. The zero-order valence-corrected chi connectivity index (χ0v) is 46.5. The number of hydrogen-bond donors (Lipinski definition) is 0. The number of benzene rings is 7. The molecule has 0 saturated carbocycles. The molecule has 0 saturated heterocycles. The number of para-hydroxylation sites is 2. The van der Waals surface area contributed by atoms with Crippen LogP contribution < -0.4 is 14.7 Å². The number of furan rings is 1. The Balaban J connectivity index is 1.33. The molecule has 0 N–H and O–H groups in total. The van der Waals surface area contributed by atoms with Crippen molar-refractivity contribution >= 4 is 85.0 Å². The van der Waals surface area contributed by atoms with Crippen LogP contribution in [0.15, 0.2) is 174 Å². The molecule has 73 heavy (non-hydrogen) atoms. The lowest BCUT2D eigenvalue weighted by Gasteiger charge is -2.34. The molecule has 6 heteroatoms. The number of anilines is 9. The van der Waals surface area contributed by atoms with Gasteiger partial charge in [-0.1, -0.05) is 200 Å². The SMILES string of the molecule is CC(C)(C)c1ccc(N(c2ccc(C(C)(C)C)cc2)c2cccc(N(c3cc(C(C)(C)C)cc(N(c4ccc(C(C)(C)C)cc4)c4ccc(C(C)(C)C)cc4)c3Cl)c3cccc4c3oc3ccccc34)n2)cc1. The Bertz CT molecular complexity index is 3290. The van der Waals surface area contributed by atoms with E-state index in [-0.39, 0.29) is 27.1 Å². The van der Waals surface area contributed by atoms with E-state index in [1.807, 2.05) is 12.1 Å². The van der Waals surface area contributed by atoms with Crippen LogP contribution in [0.2, 0.25) is 5.02 Å². The molecule has 0 unspecified atom stereocenters. The fraction of sp³-hybridized carbons (Fsp3) is 0.299. The summed E-state index contributed by atoms with van der Waals surface area (Å²) < 4.78 is 6.90. The second-order valence-corrected chi connectivity index (χ2v) is 25.3. The maximum atomic E-state index is 8.20. The van der Waals surface area contributed by atoms with Crippen LogP contribution in [0, 0.1) is 0 Å². The molecule has 0 fully saturated rings. The van der Waals surface area contributed by atoms with Gasteiger partial charge in [0.25, 0.3) is 0 Å². The molecule has 0 spiro atoms. The molecular weight excluding hydrogens is 912 g/mol. The average molecular weight is 986 g/mol. The van der Waals surface area contributed by atoms with E-state index < -0.39 is 0 Å². The minimum absolute atomic E-state index is 0.00485. The van der Waals surface area contributed by atoms with E-state index >= 15 is 0 Å². The summed E-state index contributed by atoms with van der Waals surface area (Å²) >= 11 is 8.20. The van der Waals surface area contributed by atoms with Crippen LogP contribution in [-0.4, -0.2) is 4.98 Å². The van der Waals surface area contributed by atoms with Crippen LogP contribution >= 0.6 is 11.6 Å². The molecule has 0 aliphatic rings. The van der Waals surface area contributed by atoms with Crippen molar-refractivity contribution in [3.05, 3.63) is 203 Å². The van der Waals surface area contributed by atoms with Crippen LogP contribution in [-0.2, 0) is 27.1 Å². The van der Waals surface area contributed by atoms with E-state index in [1.165, 1.54) is 22.3 Å². The summed E-state index contributed by atoms with van der Waals surface area (Å²) in [4.78, 5) is 12.5. The van der Waals surface area contributed by atoms with Crippen LogP contribution in [0.5, 0.6) is 0 Å². The van der Waals surface area contributed by atoms with Crippen molar-refractivity contribution in [2.24, 2.45) is 0 Å². The highest BCUT2D eigenvalue weighted by Crippen LogP contribution is 2.51. The molecule has 0 radical (unpaired) electrons. The minimum Gasteiger partial charge on any atom is -0.454 e. The lowest BCUT2D eigenvalue weighted by molar-refractivity contribution is 0.589. The number of rotatable bonds is 9. The number of fused-ring (bicyclic) bond motifs is 3. The molecule has 9 aromatic rings. The van der Waals surface area contributed by atoms with Gasteiger partial charge < -0.3 is 9.32 Å². The van der Waals surface area contributed by atoms with Gasteiger partial charge in [0.2, 0.25) is 0 Å². The minimum atomic E-state index is -0.284. The number of hydrogen-bond acceptors (Lipinski definition) is 5. The van der Waals surface area contributed by atoms with Gasteiger partial charge in [0.05, 0.1) is 22.1 Å². The molecule has 2 heterocycles. The summed E-state index contributed by atoms with van der Waals surface area (Å²) in [6.45, 7) is 33.8. The maximum absolute atomic E-state index is 8.20. The lowest BCUT2D eigenvalue weighted by atomic mass is 9.85. The topological polar surface area (TPSA) is 35.8 Å². The van der Waals surface area contributed by atoms with Crippen molar-refractivity contribution in [2.45, 2.75) is 131 Å². The Kier molecular flexibility index (Phi) is 13.2. The molecule has 5 nitrogen and oxygen atoms in total. The van der Waals surface area contributed by atoms with Gasteiger partial charge in [0.15, 0.2) is 5.58 Å². The standard InChI is InChI=1S/C67H73ClN4O/c1-63(2,3)44-26-34-49(35-27-44)70(50-36-28-45(29-37-50)64(4,5)6)56-42-48(67(13,14)15)43-57(61(56)68)72(55-22-18-21-54-53-20-16-17-23-58(53)73-62(54)55)60-25-19-24-59(69-60)71(51-38-30-46(31-39-51)65(7,8)9)52-40-32-47(33-41-52)66(10,11)12/h16-43H,1-15H3. The highest BCUT2D eigenvalue weighted by Gasteiger charge is 2.30. The molecule has 9 rings (SSSR count). The van der Waals surface area contributed by atoms with Crippen molar-refractivity contribution in [3.63, 3.8) is 0 Å². The van der Waals surface area contributed by atoms with E-state index in [0.29, 0.717) is 10.8 Å². The number of pyridine rings is 1. The zero-order valence-electron chi connectivity index (χ0n) is 45.7. The van der Waals surface area contributed by atoms with Gasteiger partial charge in [-0.2, -0.15) is 0 Å². The van der Waals surface area contributed by atoms with Gasteiger partial charge in [0.1, 0.15) is 17.2 Å². The van der Waals surface area contributed by atoms with Crippen molar-refractivity contribution in [3.8, 4) is 0 Å². The molecule has 2 aromatic heterocycles. The highest BCUT2D eigenvalue weighted by atomic mass is 35.5. The predicted molar refractivity (Wildman–Crippen MR) is 314 cm³/mol. The Labute approximate surface area is 440 Å². The van der Waals surface area contributed by atoms with E-state index in [4.69, 9.17) is 21.0 Å². The third kappa shape index (κ3) is 10.4. The summed E-state index contributed by atoms with van der Waals surface area (Å²) in [5, 5.41) is 2.63. The fourth-order valence-electron chi connectivity index (χ4n) is 9.58. The first-order valence-corrected chi connectivity index (χ1v) is 26.2. The fourth-order valence-corrected chi connectivity index (χ4v) is 9.86. The maximum Gasteiger partial charge on any atom is 0.159 e. The summed E-state index contributed by atoms with van der Waals surface area (Å²) in [5.74, 6) is 1.44. The zero-order chi connectivity index (χ0) is 52.4. The first-order valence-electron chi connectivity index (χ1n) is 25.8. The van der Waals surface area contributed by atoms with Crippen LogP contribution in [0.1, 0.15) is 132 Å². The largest absolute Gasteiger partial charge is 0.454 e. The molecule has 0 bridgehead atoms. The van der Waals surface area contributed by atoms with Crippen LogP contribution in [0.3, 0.4) is 0 Å². The van der Waals surface area contributed by atoms with Crippen molar-refractivity contribution in [2.75, 3.05) is 14.7 Å². The molecule has 0 atom stereocenters. The van der Waals surface area contributed by atoms with E-state index in [9.17, 15) is 0 Å². The smallest absolute Gasteiger partial charge is 0.159 e. The monoisotopic (exact) mass is 985 g/mol. The third-order valence-corrected chi connectivity index (χ3v) is 14.5. The third-order valence-electron chi connectivity index (χ3n) is 14.2. The van der Waals surface area contributed by atoms with Gasteiger partial charge in [0, 0.05) is 33.5 Å². The number of aromatic nitrogens is 1. The van der Waals surface area contributed by atoms with Gasteiger partial charge >= 0.3 is 0 Å². The van der Waals surface area contributed by atoms with Crippen molar-refractivity contribution < 1.29 is 4.42 Å². The van der Waals surface area contributed by atoms with Crippen molar-refractivity contribution in [1.29, 1.82) is 0 Å². The number of halogens is 1. The first kappa shape index (κ1) is 51.1. The predicted octanol–water partition coefficient (Wildman–Crippen LogP) is 20.5. The van der Waals surface area contributed by atoms with E-state index in [1.54, 1.807) is 0 Å². The second kappa shape index (κ2) is 18.9. The molecule has 0 amide bonds. The molecule has 374 valence electrons.